The molecule has 0 bridgehead atoms. The van der Waals surface area contributed by atoms with Crippen LogP contribution >= 0.6 is 34.5 Å². The molecule has 0 spiro atoms. The largest absolute Gasteiger partial charge is 0.358 e. The van der Waals surface area contributed by atoms with E-state index in [2.05, 4.69) is 10.6 Å². The van der Waals surface area contributed by atoms with Crippen LogP contribution < -0.4 is 10.6 Å². The molecule has 0 aliphatic carbocycles. The highest BCUT2D eigenvalue weighted by atomic mass is 35.5. The van der Waals surface area contributed by atoms with Crippen molar-refractivity contribution in [2.75, 3.05) is 5.32 Å². The number of nitrogens with one attached hydrogen (secondary N) is 2. The van der Waals surface area contributed by atoms with Crippen molar-refractivity contribution in [1.29, 1.82) is 0 Å². The third-order valence-corrected chi connectivity index (χ3v) is 4.99. The number of anilines is 1. The van der Waals surface area contributed by atoms with Crippen molar-refractivity contribution in [1.82, 2.24) is 5.32 Å². The lowest BCUT2D eigenvalue weighted by Gasteiger charge is -2.21. The molecule has 0 saturated heterocycles. The summed E-state index contributed by atoms with van der Waals surface area (Å²) >= 11 is 13.4. The number of benzene rings is 2. The van der Waals surface area contributed by atoms with Crippen molar-refractivity contribution in [2.45, 2.75) is 6.17 Å². The van der Waals surface area contributed by atoms with Crippen LogP contribution in [0.3, 0.4) is 0 Å². The van der Waals surface area contributed by atoms with Gasteiger partial charge in [-0.1, -0.05) is 59.6 Å². The zero-order valence-electron chi connectivity index (χ0n) is 13.4. The zero-order valence-corrected chi connectivity index (χ0v) is 15.7. The highest BCUT2D eigenvalue weighted by molar-refractivity contribution is 7.12. The number of thiophene rings is 1. The Hall–Kier alpha value is -2.34. The third kappa shape index (κ3) is 4.43. The number of Topliss-reactive ketones (excluding diaryl/α,β-unsaturated/α-hetero) is 1. The minimum Gasteiger partial charge on any atom is -0.358 e. The Labute approximate surface area is 164 Å². The van der Waals surface area contributed by atoms with Gasteiger partial charge in [0.15, 0.2) is 6.17 Å². The van der Waals surface area contributed by atoms with Gasteiger partial charge in [0, 0.05) is 10.6 Å². The molecule has 2 aromatic carbocycles. The maximum Gasteiger partial charge on any atom is 0.263 e. The number of ketones is 1. The normalized spacial score (nSPS) is 11.6. The van der Waals surface area contributed by atoms with E-state index in [9.17, 15) is 9.59 Å². The van der Waals surface area contributed by atoms with Crippen LogP contribution in [0.15, 0.2) is 66.0 Å². The van der Waals surface area contributed by atoms with Gasteiger partial charge in [-0.15, -0.1) is 11.3 Å². The number of hydrogen-bond acceptors (Lipinski definition) is 4. The van der Waals surface area contributed by atoms with Gasteiger partial charge in [-0.05, 0) is 29.6 Å². The molecule has 0 aliphatic heterocycles. The fourth-order valence-corrected chi connectivity index (χ4v) is 3.40. The SMILES string of the molecule is O=C(N[C@H](Nc1ccc(Cl)cc1Cl)C(=O)c1ccccc1)c1cccs1. The molecule has 3 rings (SSSR count). The molecule has 2 N–H and O–H groups in total. The molecule has 4 nitrogen and oxygen atoms in total. The molecule has 132 valence electrons. The van der Waals surface area contributed by atoms with Gasteiger partial charge in [-0.2, -0.15) is 0 Å². The van der Waals surface area contributed by atoms with Crippen LogP contribution in [0.5, 0.6) is 0 Å². The van der Waals surface area contributed by atoms with E-state index in [-0.39, 0.29) is 11.7 Å². The van der Waals surface area contributed by atoms with Crippen LogP contribution in [0, 0.1) is 0 Å². The molecule has 7 heteroatoms. The number of carbonyl (C=O) groups excluding carboxylic acids is 2. The van der Waals surface area contributed by atoms with Gasteiger partial charge in [0.1, 0.15) is 0 Å². The van der Waals surface area contributed by atoms with E-state index in [0.29, 0.717) is 26.2 Å². The Kier molecular flexibility index (Phi) is 5.93. The summed E-state index contributed by atoms with van der Waals surface area (Å²) in [6.45, 7) is 0. The molecule has 0 fully saturated rings. The van der Waals surface area contributed by atoms with E-state index < -0.39 is 6.17 Å². The van der Waals surface area contributed by atoms with Gasteiger partial charge in [-0.25, -0.2) is 0 Å². The lowest BCUT2D eigenvalue weighted by Crippen LogP contribution is -2.46. The van der Waals surface area contributed by atoms with E-state index in [1.807, 2.05) is 6.07 Å². The van der Waals surface area contributed by atoms with Gasteiger partial charge in [0.05, 0.1) is 15.6 Å². The van der Waals surface area contributed by atoms with Crippen LogP contribution in [0.1, 0.15) is 20.0 Å². The molecule has 1 aromatic heterocycles. The van der Waals surface area contributed by atoms with E-state index in [0.717, 1.165) is 0 Å². The molecule has 1 amide bonds. The Morgan fingerprint density at radius 3 is 2.38 bits per heavy atom. The van der Waals surface area contributed by atoms with Crippen molar-refractivity contribution in [2.24, 2.45) is 0 Å². The predicted molar refractivity (Wildman–Crippen MR) is 106 cm³/mol. The van der Waals surface area contributed by atoms with Crippen molar-refractivity contribution in [3.8, 4) is 0 Å². The van der Waals surface area contributed by atoms with Gasteiger partial charge < -0.3 is 10.6 Å². The van der Waals surface area contributed by atoms with Crippen LogP contribution in [-0.2, 0) is 0 Å². The van der Waals surface area contributed by atoms with Crippen molar-refractivity contribution in [3.63, 3.8) is 0 Å². The van der Waals surface area contributed by atoms with E-state index in [1.54, 1.807) is 60.0 Å². The lowest BCUT2D eigenvalue weighted by molar-refractivity contribution is 0.0872. The number of hydrogen-bond donors (Lipinski definition) is 2. The van der Waals surface area contributed by atoms with Gasteiger partial charge >= 0.3 is 0 Å². The Morgan fingerprint density at radius 2 is 1.73 bits per heavy atom. The van der Waals surface area contributed by atoms with E-state index in [1.165, 1.54) is 11.3 Å². The molecular weight excluding hydrogens is 391 g/mol. The molecule has 1 heterocycles. The Balaban J connectivity index is 1.87. The van der Waals surface area contributed by atoms with Crippen LogP contribution in [0.25, 0.3) is 0 Å². The number of halogens is 2. The first-order valence-corrected chi connectivity index (χ1v) is 9.33. The fraction of sp³-hybridized carbons (Fsp3) is 0.0526. The summed E-state index contributed by atoms with van der Waals surface area (Å²) in [5.41, 5.74) is 0.971. The molecular formula is C19H14Cl2N2O2S. The number of amides is 1. The molecule has 3 aromatic rings. The van der Waals surface area contributed by atoms with Crippen LogP contribution in [0.4, 0.5) is 5.69 Å². The lowest BCUT2D eigenvalue weighted by atomic mass is 10.1. The van der Waals surface area contributed by atoms with E-state index in [4.69, 9.17) is 23.2 Å². The van der Waals surface area contributed by atoms with Gasteiger partial charge in [0.2, 0.25) is 5.78 Å². The first-order chi connectivity index (χ1) is 12.5. The van der Waals surface area contributed by atoms with Crippen molar-refractivity contribution in [3.05, 3.63) is 86.5 Å². The average Bonchev–Trinajstić information content (AvgIpc) is 3.18. The smallest absolute Gasteiger partial charge is 0.263 e. The maximum absolute atomic E-state index is 12.9. The molecule has 0 aliphatic rings. The summed E-state index contributed by atoms with van der Waals surface area (Å²) in [4.78, 5) is 25.8. The van der Waals surface area contributed by atoms with Gasteiger partial charge in [-0.3, -0.25) is 9.59 Å². The highest BCUT2D eigenvalue weighted by Gasteiger charge is 2.23. The summed E-state index contributed by atoms with van der Waals surface area (Å²) in [6, 6.07) is 17.1. The van der Waals surface area contributed by atoms with Crippen LogP contribution in [-0.4, -0.2) is 17.9 Å². The van der Waals surface area contributed by atoms with Crippen molar-refractivity contribution < 1.29 is 9.59 Å². The standard InChI is InChI=1S/C19H14Cl2N2O2S/c20-13-8-9-15(14(21)11-13)22-18(17(24)12-5-2-1-3-6-12)23-19(25)16-7-4-10-26-16/h1-11,18,22H,(H,23,25)/t18-/m0/s1. The minimum atomic E-state index is -0.981. The second-order valence-electron chi connectivity index (χ2n) is 5.38. The summed E-state index contributed by atoms with van der Waals surface area (Å²) < 4.78 is 0. The van der Waals surface area contributed by atoms with E-state index >= 15 is 0 Å². The molecule has 0 saturated carbocycles. The first kappa shape index (κ1) is 18.5. The van der Waals surface area contributed by atoms with Crippen LogP contribution in [0.2, 0.25) is 10.0 Å². The highest BCUT2D eigenvalue weighted by Crippen LogP contribution is 2.26. The number of rotatable bonds is 6. The molecule has 26 heavy (non-hydrogen) atoms. The third-order valence-electron chi connectivity index (χ3n) is 3.57. The molecule has 0 unspecified atom stereocenters. The summed E-state index contributed by atoms with van der Waals surface area (Å²) in [7, 11) is 0. The molecule has 1 atom stereocenters. The summed E-state index contributed by atoms with van der Waals surface area (Å²) in [5.74, 6) is -0.617. The second-order valence-corrected chi connectivity index (χ2v) is 7.17. The number of carbonyl (C=O) groups is 2. The summed E-state index contributed by atoms with van der Waals surface area (Å²) in [6.07, 6.45) is -0.981. The van der Waals surface area contributed by atoms with Gasteiger partial charge in [0.25, 0.3) is 5.91 Å². The Morgan fingerprint density at radius 1 is 0.962 bits per heavy atom. The fourth-order valence-electron chi connectivity index (χ4n) is 2.31. The topological polar surface area (TPSA) is 58.2 Å². The summed E-state index contributed by atoms with van der Waals surface area (Å²) in [5, 5.41) is 8.36. The Bertz CT molecular complexity index is 915. The molecule has 0 radical (unpaired) electrons. The van der Waals surface area contributed by atoms with Crippen molar-refractivity contribution >= 4 is 51.9 Å². The quantitative estimate of drug-likeness (QED) is 0.443. The zero-order chi connectivity index (χ0) is 18.5. The first-order valence-electron chi connectivity index (χ1n) is 7.70. The minimum absolute atomic E-state index is 0.276. The maximum atomic E-state index is 12.9. The second kappa shape index (κ2) is 8.36. The monoisotopic (exact) mass is 404 g/mol. The predicted octanol–water partition coefficient (Wildman–Crippen LogP) is 5.11. The average molecular weight is 405 g/mol.